The normalized spacial score (nSPS) is 17.2. The summed E-state index contributed by atoms with van der Waals surface area (Å²) < 4.78 is 5.93. The molecule has 1 heterocycles. The minimum Gasteiger partial charge on any atom is -0.508 e. The third-order valence-electron chi connectivity index (χ3n) is 4.84. The third-order valence-corrected chi connectivity index (χ3v) is 4.84. The fraction of sp³-hybridized carbons (Fsp3) is 0.250. The van der Waals surface area contributed by atoms with Crippen molar-refractivity contribution in [1.82, 2.24) is 0 Å². The van der Waals surface area contributed by atoms with Gasteiger partial charge in [0.1, 0.15) is 5.75 Å². The highest BCUT2D eigenvalue weighted by molar-refractivity contribution is 5.81. The number of hydrogen-bond acceptors (Lipinski definition) is 2. The molecule has 2 aromatic rings. The molecule has 134 valence electrons. The van der Waals surface area contributed by atoms with Crippen LogP contribution < -0.4 is 0 Å². The zero-order chi connectivity index (χ0) is 18.4. The third kappa shape index (κ3) is 4.53. The lowest BCUT2D eigenvalue weighted by molar-refractivity contribution is 0.117. The van der Waals surface area contributed by atoms with Gasteiger partial charge >= 0.3 is 0 Å². The van der Waals surface area contributed by atoms with Gasteiger partial charge in [0.05, 0.1) is 12.7 Å². The maximum atomic E-state index is 9.51. The van der Waals surface area contributed by atoms with E-state index in [2.05, 4.69) is 49.9 Å². The van der Waals surface area contributed by atoms with Crippen LogP contribution in [0.3, 0.4) is 0 Å². The summed E-state index contributed by atoms with van der Waals surface area (Å²) in [6.07, 6.45) is 7.31. The first-order valence-electron chi connectivity index (χ1n) is 9.22. The molecule has 0 saturated heterocycles. The van der Waals surface area contributed by atoms with Crippen LogP contribution in [0.4, 0.5) is 0 Å². The van der Waals surface area contributed by atoms with Crippen LogP contribution in [0.25, 0.3) is 11.6 Å². The average Bonchev–Trinajstić information content (AvgIpc) is 3.15. The minimum absolute atomic E-state index is 0.134. The molecule has 26 heavy (non-hydrogen) atoms. The molecule has 2 nitrogen and oxygen atoms in total. The van der Waals surface area contributed by atoms with E-state index in [1.54, 1.807) is 12.1 Å². The maximum Gasteiger partial charge on any atom is 0.115 e. The SMILES string of the molecule is C=C(CC)C1=CCOC1CC/C(=C/c1ccc(O)cc1)c1ccccc1. The Bertz CT molecular complexity index is 798. The molecule has 0 radical (unpaired) electrons. The summed E-state index contributed by atoms with van der Waals surface area (Å²) in [5, 5.41) is 9.51. The van der Waals surface area contributed by atoms with Crippen LogP contribution in [0.15, 0.2) is 78.4 Å². The van der Waals surface area contributed by atoms with Gasteiger partial charge in [-0.25, -0.2) is 0 Å². The van der Waals surface area contributed by atoms with E-state index in [-0.39, 0.29) is 11.9 Å². The van der Waals surface area contributed by atoms with Gasteiger partial charge in [0.2, 0.25) is 0 Å². The van der Waals surface area contributed by atoms with E-state index >= 15 is 0 Å². The minimum atomic E-state index is 0.134. The largest absolute Gasteiger partial charge is 0.508 e. The van der Waals surface area contributed by atoms with Gasteiger partial charge in [-0.1, -0.05) is 68.1 Å². The summed E-state index contributed by atoms with van der Waals surface area (Å²) >= 11 is 0. The molecule has 1 aliphatic heterocycles. The highest BCUT2D eigenvalue weighted by Crippen LogP contribution is 2.31. The first-order valence-corrected chi connectivity index (χ1v) is 9.22. The molecule has 2 heteroatoms. The van der Waals surface area contributed by atoms with Crippen molar-refractivity contribution in [2.24, 2.45) is 0 Å². The van der Waals surface area contributed by atoms with Crippen molar-refractivity contribution in [2.45, 2.75) is 32.3 Å². The number of phenols is 1. The van der Waals surface area contributed by atoms with Crippen molar-refractivity contribution >= 4 is 11.6 Å². The molecule has 1 N–H and O–H groups in total. The summed E-state index contributed by atoms with van der Waals surface area (Å²) in [5.41, 5.74) is 6.02. The van der Waals surface area contributed by atoms with Gasteiger partial charge in [-0.3, -0.25) is 0 Å². The fourth-order valence-electron chi connectivity index (χ4n) is 3.30. The van der Waals surface area contributed by atoms with Gasteiger partial charge < -0.3 is 9.84 Å². The van der Waals surface area contributed by atoms with Gasteiger partial charge in [0, 0.05) is 0 Å². The Hall–Kier alpha value is -2.58. The Morgan fingerprint density at radius 3 is 2.58 bits per heavy atom. The Kier molecular flexibility index (Phi) is 6.08. The van der Waals surface area contributed by atoms with E-state index in [9.17, 15) is 5.11 Å². The first-order chi connectivity index (χ1) is 12.7. The topological polar surface area (TPSA) is 29.5 Å². The molecule has 1 unspecified atom stereocenters. The maximum absolute atomic E-state index is 9.51. The predicted molar refractivity (Wildman–Crippen MR) is 109 cm³/mol. The lowest BCUT2D eigenvalue weighted by Crippen LogP contribution is -2.11. The van der Waals surface area contributed by atoms with Crippen molar-refractivity contribution in [3.63, 3.8) is 0 Å². The highest BCUT2D eigenvalue weighted by Gasteiger charge is 2.21. The zero-order valence-corrected chi connectivity index (χ0v) is 15.3. The number of ether oxygens (including phenoxy) is 1. The summed E-state index contributed by atoms with van der Waals surface area (Å²) in [6, 6.07) is 17.8. The summed E-state index contributed by atoms with van der Waals surface area (Å²) in [5.74, 6) is 0.288. The smallest absolute Gasteiger partial charge is 0.115 e. The van der Waals surface area contributed by atoms with E-state index < -0.39 is 0 Å². The summed E-state index contributed by atoms with van der Waals surface area (Å²) in [6.45, 7) is 7.00. The standard InChI is InChI=1S/C24H26O2/c1-3-18(2)23-15-16-26-24(23)14-11-21(20-7-5-4-6-8-20)17-19-9-12-22(25)13-10-19/h4-10,12-13,15,17,24-25H,2-3,11,14,16H2,1H3/b21-17-. The van der Waals surface area contributed by atoms with Crippen molar-refractivity contribution in [1.29, 1.82) is 0 Å². The van der Waals surface area contributed by atoms with E-state index in [1.165, 1.54) is 22.3 Å². The quantitative estimate of drug-likeness (QED) is 0.623. The predicted octanol–water partition coefficient (Wildman–Crippen LogP) is 6.00. The van der Waals surface area contributed by atoms with Gasteiger partial charge in [0.25, 0.3) is 0 Å². The second kappa shape index (κ2) is 8.68. The highest BCUT2D eigenvalue weighted by atomic mass is 16.5. The van der Waals surface area contributed by atoms with Crippen LogP contribution in [0.2, 0.25) is 0 Å². The first kappa shape index (κ1) is 18.2. The monoisotopic (exact) mass is 346 g/mol. The molecule has 1 aliphatic rings. The number of benzene rings is 2. The lowest BCUT2D eigenvalue weighted by Gasteiger charge is -2.17. The molecule has 0 aromatic heterocycles. The van der Waals surface area contributed by atoms with E-state index in [1.807, 2.05) is 18.2 Å². The van der Waals surface area contributed by atoms with Crippen molar-refractivity contribution in [3.8, 4) is 5.75 Å². The molecule has 0 fully saturated rings. The van der Waals surface area contributed by atoms with Crippen molar-refractivity contribution < 1.29 is 9.84 Å². The number of phenolic OH excluding ortho intramolecular Hbond substituents is 1. The number of aromatic hydroxyl groups is 1. The number of allylic oxidation sites excluding steroid dienone is 1. The fourth-order valence-corrected chi connectivity index (χ4v) is 3.30. The summed E-state index contributed by atoms with van der Waals surface area (Å²) in [4.78, 5) is 0. The molecule has 0 aliphatic carbocycles. The van der Waals surface area contributed by atoms with Crippen molar-refractivity contribution in [2.75, 3.05) is 6.61 Å². The molecular weight excluding hydrogens is 320 g/mol. The lowest BCUT2D eigenvalue weighted by atomic mass is 9.93. The number of rotatable bonds is 7. The second-order valence-electron chi connectivity index (χ2n) is 6.60. The second-order valence-corrected chi connectivity index (χ2v) is 6.60. The zero-order valence-electron chi connectivity index (χ0n) is 15.3. The van der Waals surface area contributed by atoms with Gasteiger partial charge in [-0.15, -0.1) is 0 Å². The molecule has 3 rings (SSSR count). The molecule has 0 saturated carbocycles. The van der Waals surface area contributed by atoms with Crippen LogP contribution >= 0.6 is 0 Å². The molecule has 2 aromatic carbocycles. The van der Waals surface area contributed by atoms with Gasteiger partial charge in [-0.05, 0) is 59.2 Å². The average molecular weight is 346 g/mol. The Morgan fingerprint density at radius 1 is 1.15 bits per heavy atom. The van der Waals surface area contributed by atoms with E-state index in [0.29, 0.717) is 6.61 Å². The molecular formula is C24H26O2. The Balaban J connectivity index is 1.80. The number of hydrogen-bond donors (Lipinski definition) is 1. The van der Waals surface area contributed by atoms with Gasteiger partial charge in [0.15, 0.2) is 0 Å². The van der Waals surface area contributed by atoms with Gasteiger partial charge in [-0.2, -0.15) is 0 Å². The molecule has 0 amide bonds. The molecule has 1 atom stereocenters. The molecule has 0 spiro atoms. The van der Waals surface area contributed by atoms with Crippen LogP contribution in [-0.2, 0) is 4.74 Å². The van der Waals surface area contributed by atoms with Crippen LogP contribution in [0.5, 0.6) is 5.75 Å². The van der Waals surface area contributed by atoms with Crippen LogP contribution in [-0.4, -0.2) is 17.8 Å². The van der Waals surface area contributed by atoms with Crippen LogP contribution in [0.1, 0.15) is 37.3 Å². The van der Waals surface area contributed by atoms with E-state index in [4.69, 9.17) is 4.74 Å². The Labute approximate surface area is 156 Å². The van der Waals surface area contributed by atoms with Crippen molar-refractivity contribution in [3.05, 3.63) is 89.5 Å². The van der Waals surface area contributed by atoms with E-state index in [0.717, 1.165) is 24.8 Å². The Morgan fingerprint density at radius 2 is 1.88 bits per heavy atom. The van der Waals surface area contributed by atoms with Crippen LogP contribution in [0, 0.1) is 0 Å². The molecule has 0 bridgehead atoms. The summed E-state index contributed by atoms with van der Waals surface area (Å²) in [7, 11) is 0.